The molecule has 17 heavy (non-hydrogen) atoms. The molecule has 0 aliphatic carbocycles. The third kappa shape index (κ3) is 2.42. The molecule has 0 saturated carbocycles. The summed E-state index contributed by atoms with van der Waals surface area (Å²) in [4.78, 5) is 4.56. The zero-order chi connectivity index (χ0) is 12.3. The van der Waals surface area contributed by atoms with Crippen molar-refractivity contribution in [2.75, 3.05) is 14.2 Å². The number of hydrogen-bond donors (Lipinski definition) is 0. The standard InChI is InChI=1S/C13H15NO2S/c1-4-13-14-11(8-17-13)10-6-5-9(15-2)7-12(10)16-3/h5-8H,4H2,1-3H3. The third-order valence-electron chi connectivity index (χ3n) is 2.54. The minimum absolute atomic E-state index is 0.788. The summed E-state index contributed by atoms with van der Waals surface area (Å²) >= 11 is 1.68. The van der Waals surface area contributed by atoms with E-state index >= 15 is 0 Å². The molecule has 0 spiro atoms. The number of thiazole rings is 1. The summed E-state index contributed by atoms with van der Waals surface area (Å²) in [7, 11) is 3.30. The molecule has 0 N–H and O–H groups in total. The number of nitrogens with zero attached hydrogens (tertiary/aromatic N) is 1. The smallest absolute Gasteiger partial charge is 0.131 e. The van der Waals surface area contributed by atoms with Crippen molar-refractivity contribution in [3.63, 3.8) is 0 Å². The first-order chi connectivity index (χ1) is 8.28. The van der Waals surface area contributed by atoms with Crippen LogP contribution in [0.25, 0.3) is 11.3 Å². The van der Waals surface area contributed by atoms with Gasteiger partial charge in [0.25, 0.3) is 0 Å². The fraction of sp³-hybridized carbons (Fsp3) is 0.308. The van der Waals surface area contributed by atoms with E-state index in [0.29, 0.717) is 0 Å². The zero-order valence-electron chi connectivity index (χ0n) is 10.2. The highest BCUT2D eigenvalue weighted by Gasteiger charge is 2.10. The van der Waals surface area contributed by atoms with E-state index in [-0.39, 0.29) is 0 Å². The van der Waals surface area contributed by atoms with Gasteiger partial charge in [-0.05, 0) is 18.6 Å². The monoisotopic (exact) mass is 249 g/mol. The topological polar surface area (TPSA) is 31.4 Å². The largest absolute Gasteiger partial charge is 0.497 e. The van der Waals surface area contributed by atoms with Gasteiger partial charge >= 0.3 is 0 Å². The number of benzene rings is 1. The van der Waals surface area contributed by atoms with E-state index in [2.05, 4.69) is 17.3 Å². The van der Waals surface area contributed by atoms with Gasteiger partial charge in [-0.25, -0.2) is 4.98 Å². The highest BCUT2D eigenvalue weighted by molar-refractivity contribution is 7.09. The third-order valence-corrected chi connectivity index (χ3v) is 3.53. The van der Waals surface area contributed by atoms with E-state index in [1.807, 2.05) is 18.2 Å². The second kappa shape index (κ2) is 5.19. The predicted molar refractivity (Wildman–Crippen MR) is 70.0 cm³/mol. The first-order valence-corrected chi connectivity index (χ1v) is 6.33. The molecule has 0 aliphatic rings. The van der Waals surface area contributed by atoms with Crippen LogP contribution >= 0.6 is 11.3 Å². The van der Waals surface area contributed by atoms with Crippen LogP contribution in [-0.4, -0.2) is 19.2 Å². The van der Waals surface area contributed by atoms with E-state index in [1.54, 1.807) is 25.6 Å². The van der Waals surface area contributed by atoms with Gasteiger partial charge in [0.15, 0.2) is 0 Å². The summed E-state index contributed by atoms with van der Waals surface area (Å²) in [6.45, 7) is 2.11. The molecule has 90 valence electrons. The molecule has 0 aliphatic heterocycles. The van der Waals surface area contributed by atoms with Gasteiger partial charge in [-0.2, -0.15) is 0 Å². The van der Waals surface area contributed by atoms with Crippen LogP contribution in [0.1, 0.15) is 11.9 Å². The lowest BCUT2D eigenvalue weighted by atomic mass is 10.1. The molecular weight excluding hydrogens is 234 g/mol. The van der Waals surface area contributed by atoms with E-state index in [4.69, 9.17) is 9.47 Å². The summed E-state index contributed by atoms with van der Waals surface area (Å²) in [6.07, 6.45) is 0.961. The average Bonchev–Trinajstić information content (AvgIpc) is 2.86. The molecule has 0 bridgehead atoms. The fourth-order valence-electron chi connectivity index (χ4n) is 1.61. The van der Waals surface area contributed by atoms with Crippen LogP contribution in [0.3, 0.4) is 0 Å². The summed E-state index contributed by atoms with van der Waals surface area (Å²) in [5.41, 5.74) is 1.97. The molecule has 0 radical (unpaired) electrons. The Kier molecular flexibility index (Phi) is 3.64. The van der Waals surface area contributed by atoms with Gasteiger partial charge in [-0.15, -0.1) is 11.3 Å². The Morgan fingerprint density at radius 3 is 2.65 bits per heavy atom. The van der Waals surface area contributed by atoms with Crippen molar-refractivity contribution in [3.05, 3.63) is 28.6 Å². The molecule has 0 saturated heterocycles. The summed E-state index contributed by atoms with van der Waals surface area (Å²) in [5, 5.41) is 3.20. The van der Waals surface area contributed by atoms with Crippen molar-refractivity contribution >= 4 is 11.3 Å². The second-order valence-electron chi connectivity index (χ2n) is 3.55. The summed E-state index contributed by atoms with van der Waals surface area (Å²) in [5.74, 6) is 1.58. The SMILES string of the molecule is CCc1nc(-c2ccc(OC)cc2OC)cs1. The Bertz CT molecular complexity index is 508. The molecule has 2 rings (SSSR count). The second-order valence-corrected chi connectivity index (χ2v) is 4.49. The molecule has 1 aromatic carbocycles. The van der Waals surface area contributed by atoms with Crippen molar-refractivity contribution in [3.8, 4) is 22.8 Å². The first-order valence-electron chi connectivity index (χ1n) is 5.45. The maximum atomic E-state index is 5.37. The Labute approximate surface area is 105 Å². The molecular formula is C13H15NO2S. The number of rotatable bonds is 4. The van der Waals surface area contributed by atoms with Gasteiger partial charge in [0.1, 0.15) is 11.5 Å². The molecule has 0 unspecified atom stereocenters. The van der Waals surface area contributed by atoms with Crippen molar-refractivity contribution in [1.29, 1.82) is 0 Å². The lowest BCUT2D eigenvalue weighted by molar-refractivity contribution is 0.395. The van der Waals surface area contributed by atoms with Gasteiger partial charge in [0.2, 0.25) is 0 Å². The van der Waals surface area contributed by atoms with Crippen LogP contribution < -0.4 is 9.47 Å². The minimum atomic E-state index is 0.788. The van der Waals surface area contributed by atoms with Crippen molar-refractivity contribution in [1.82, 2.24) is 4.98 Å². The molecule has 4 heteroatoms. The maximum Gasteiger partial charge on any atom is 0.131 e. The average molecular weight is 249 g/mol. The molecule has 0 fully saturated rings. The van der Waals surface area contributed by atoms with Crippen LogP contribution in [0.15, 0.2) is 23.6 Å². The Morgan fingerprint density at radius 1 is 1.24 bits per heavy atom. The number of methoxy groups -OCH3 is 2. The minimum Gasteiger partial charge on any atom is -0.497 e. The lowest BCUT2D eigenvalue weighted by Gasteiger charge is -2.08. The van der Waals surface area contributed by atoms with Gasteiger partial charge in [0, 0.05) is 17.0 Å². The van der Waals surface area contributed by atoms with Crippen molar-refractivity contribution in [2.24, 2.45) is 0 Å². The van der Waals surface area contributed by atoms with Gasteiger partial charge < -0.3 is 9.47 Å². The highest BCUT2D eigenvalue weighted by Crippen LogP contribution is 2.33. The Balaban J connectivity index is 2.43. The molecule has 1 aromatic heterocycles. The van der Waals surface area contributed by atoms with Crippen molar-refractivity contribution < 1.29 is 9.47 Å². The number of ether oxygens (including phenoxy) is 2. The van der Waals surface area contributed by atoms with Crippen molar-refractivity contribution in [2.45, 2.75) is 13.3 Å². The van der Waals surface area contributed by atoms with Crippen LogP contribution in [-0.2, 0) is 6.42 Å². The molecule has 1 heterocycles. The van der Waals surface area contributed by atoms with Crippen LogP contribution in [0, 0.1) is 0 Å². The fourth-order valence-corrected chi connectivity index (χ4v) is 2.35. The number of aryl methyl sites for hydroxylation is 1. The van der Waals surface area contributed by atoms with E-state index in [9.17, 15) is 0 Å². The normalized spacial score (nSPS) is 10.3. The molecule has 3 nitrogen and oxygen atoms in total. The molecule has 0 atom stereocenters. The number of aromatic nitrogens is 1. The molecule has 2 aromatic rings. The van der Waals surface area contributed by atoms with Crippen LogP contribution in [0.2, 0.25) is 0 Å². The quantitative estimate of drug-likeness (QED) is 0.832. The van der Waals surface area contributed by atoms with E-state index in [1.165, 1.54) is 0 Å². The van der Waals surface area contributed by atoms with Gasteiger partial charge in [-0.3, -0.25) is 0 Å². The first kappa shape index (κ1) is 11.9. The summed E-state index contributed by atoms with van der Waals surface area (Å²) in [6, 6.07) is 5.77. The Morgan fingerprint density at radius 2 is 2.06 bits per heavy atom. The van der Waals surface area contributed by atoms with Gasteiger partial charge in [0.05, 0.1) is 24.9 Å². The highest BCUT2D eigenvalue weighted by atomic mass is 32.1. The summed E-state index contributed by atoms with van der Waals surface area (Å²) < 4.78 is 10.5. The van der Waals surface area contributed by atoms with E-state index < -0.39 is 0 Å². The van der Waals surface area contributed by atoms with Gasteiger partial charge in [-0.1, -0.05) is 6.92 Å². The number of hydrogen-bond acceptors (Lipinski definition) is 4. The molecule has 0 amide bonds. The van der Waals surface area contributed by atoms with Crippen LogP contribution in [0.4, 0.5) is 0 Å². The Hall–Kier alpha value is -1.55. The van der Waals surface area contributed by atoms with Crippen LogP contribution in [0.5, 0.6) is 11.5 Å². The maximum absolute atomic E-state index is 5.37. The lowest BCUT2D eigenvalue weighted by Crippen LogP contribution is -1.90. The zero-order valence-corrected chi connectivity index (χ0v) is 11.0. The predicted octanol–water partition coefficient (Wildman–Crippen LogP) is 3.39. The van der Waals surface area contributed by atoms with E-state index in [0.717, 1.165) is 34.2 Å².